The van der Waals surface area contributed by atoms with Crippen LogP contribution in [0.3, 0.4) is 0 Å². The quantitative estimate of drug-likeness (QED) is 0.647. The van der Waals surface area contributed by atoms with Crippen molar-refractivity contribution < 1.29 is 9.90 Å². The number of hydrogen-bond donors (Lipinski definition) is 3. The predicted octanol–water partition coefficient (Wildman–Crippen LogP) is -0.455. The van der Waals surface area contributed by atoms with Crippen molar-refractivity contribution >= 4 is 5.97 Å². The van der Waals surface area contributed by atoms with Crippen LogP contribution in [0.5, 0.6) is 0 Å². The second-order valence-electron chi connectivity index (χ2n) is 3.44. The fourth-order valence-electron chi connectivity index (χ4n) is 1.42. The van der Waals surface area contributed by atoms with Gasteiger partial charge in [-0.3, -0.25) is 9.78 Å². The number of nitrogens with one attached hydrogen (secondary N) is 1. The van der Waals surface area contributed by atoms with Crippen LogP contribution >= 0.6 is 0 Å². The van der Waals surface area contributed by atoms with E-state index in [9.17, 15) is 9.90 Å². The van der Waals surface area contributed by atoms with Crippen molar-refractivity contribution in [1.82, 2.24) is 20.0 Å². The van der Waals surface area contributed by atoms with Crippen LogP contribution in [0.2, 0.25) is 0 Å². The molecule has 0 aliphatic rings. The second kappa shape index (κ2) is 3.78. The topological polar surface area (TPSA) is 110 Å². The first-order valence-corrected chi connectivity index (χ1v) is 4.63. The van der Waals surface area contributed by atoms with Gasteiger partial charge in [0.05, 0.1) is 12.2 Å². The summed E-state index contributed by atoms with van der Waals surface area (Å²) < 4.78 is 1.46. The van der Waals surface area contributed by atoms with E-state index in [2.05, 4.69) is 15.3 Å². The van der Waals surface area contributed by atoms with E-state index in [0.29, 0.717) is 0 Å². The first-order chi connectivity index (χ1) is 7.63. The Kier molecular flexibility index (Phi) is 2.45. The van der Waals surface area contributed by atoms with Crippen LogP contribution in [-0.2, 0) is 16.9 Å². The van der Waals surface area contributed by atoms with Gasteiger partial charge < -0.3 is 10.8 Å². The molecule has 0 saturated heterocycles. The first-order valence-electron chi connectivity index (χ1n) is 4.63. The first kappa shape index (κ1) is 10.4. The van der Waals surface area contributed by atoms with Crippen LogP contribution in [0.1, 0.15) is 5.69 Å². The highest BCUT2D eigenvalue weighted by Crippen LogP contribution is 2.18. The van der Waals surface area contributed by atoms with Gasteiger partial charge in [0.1, 0.15) is 0 Å². The second-order valence-corrected chi connectivity index (χ2v) is 3.44. The van der Waals surface area contributed by atoms with Crippen molar-refractivity contribution in [1.29, 1.82) is 0 Å². The van der Waals surface area contributed by atoms with Gasteiger partial charge in [-0.2, -0.15) is 10.2 Å². The van der Waals surface area contributed by atoms with Gasteiger partial charge >= 0.3 is 5.97 Å². The molecule has 0 aliphatic carbocycles. The third kappa shape index (κ3) is 1.68. The average molecular weight is 221 g/mol. The van der Waals surface area contributed by atoms with Crippen molar-refractivity contribution in [3.63, 3.8) is 0 Å². The maximum atomic E-state index is 11.2. The van der Waals surface area contributed by atoms with Gasteiger partial charge in [-0.15, -0.1) is 0 Å². The molecule has 2 aromatic rings. The number of nitrogens with two attached hydrogens (primary N) is 1. The Bertz CT molecular complexity index is 464. The highest BCUT2D eigenvalue weighted by atomic mass is 16.4. The van der Waals surface area contributed by atoms with Crippen LogP contribution < -0.4 is 5.73 Å². The van der Waals surface area contributed by atoms with Crippen molar-refractivity contribution in [2.75, 3.05) is 0 Å². The zero-order valence-electron chi connectivity index (χ0n) is 8.37. The minimum atomic E-state index is -1.58. The van der Waals surface area contributed by atoms with Gasteiger partial charge in [-0.25, -0.2) is 4.79 Å². The molecule has 0 amide bonds. The number of carboxylic acids is 1. The van der Waals surface area contributed by atoms with Gasteiger partial charge in [0.25, 0.3) is 0 Å². The molecule has 0 aromatic carbocycles. The molecule has 16 heavy (non-hydrogen) atoms. The number of carbonyl (C=O) groups is 1. The molecular formula is C9H11N5O2. The lowest BCUT2D eigenvalue weighted by Gasteiger charge is -2.22. The molecule has 0 radical (unpaired) electrons. The smallest absolute Gasteiger partial charge is 0.332 e. The number of H-pyrrole nitrogens is 1. The molecule has 0 spiro atoms. The minimum absolute atomic E-state index is 0.0280. The normalized spacial score (nSPS) is 14.6. The van der Waals surface area contributed by atoms with Gasteiger partial charge in [0.15, 0.2) is 5.54 Å². The number of aliphatic carboxylic acids is 1. The minimum Gasteiger partial charge on any atom is -0.480 e. The van der Waals surface area contributed by atoms with E-state index >= 15 is 0 Å². The number of aromatic nitrogens is 4. The van der Waals surface area contributed by atoms with Gasteiger partial charge in [-0.1, -0.05) is 0 Å². The van der Waals surface area contributed by atoms with Crippen LogP contribution in [0.25, 0.3) is 0 Å². The van der Waals surface area contributed by atoms with Crippen LogP contribution in [-0.4, -0.2) is 31.1 Å². The van der Waals surface area contributed by atoms with Gasteiger partial charge in [0, 0.05) is 18.6 Å². The van der Waals surface area contributed by atoms with E-state index in [0.717, 1.165) is 0 Å². The SMILES string of the molecule is N[C@](Cn1cccn1)(C(=O)O)c1cc[nH]n1. The fraction of sp³-hybridized carbons (Fsp3) is 0.222. The largest absolute Gasteiger partial charge is 0.480 e. The molecule has 7 heteroatoms. The summed E-state index contributed by atoms with van der Waals surface area (Å²) in [7, 11) is 0. The molecule has 2 rings (SSSR count). The van der Waals surface area contributed by atoms with Crippen LogP contribution in [0.4, 0.5) is 0 Å². The summed E-state index contributed by atoms with van der Waals surface area (Å²) in [6.07, 6.45) is 4.74. The number of hydrogen-bond acceptors (Lipinski definition) is 4. The van der Waals surface area contributed by atoms with E-state index < -0.39 is 11.5 Å². The summed E-state index contributed by atoms with van der Waals surface area (Å²) in [6, 6.07) is 3.24. The lowest BCUT2D eigenvalue weighted by molar-refractivity contribution is -0.144. The third-order valence-corrected chi connectivity index (χ3v) is 2.31. The molecule has 4 N–H and O–H groups in total. The van der Waals surface area contributed by atoms with Crippen molar-refractivity contribution in [3.05, 3.63) is 36.4 Å². The monoisotopic (exact) mass is 221 g/mol. The van der Waals surface area contributed by atoms with E-state index in [1.165, 1.54) is 16.9 Å². The molecule has 7 nitrogen and oxygen atoms in total. The number of rotatable bonds is 4. The summed E-state index contributed by atoms with van der Waals surface area (Å²) in [5.41, 5.74) is 4.55. The summed E-state index contributed by atoms with van der Waals surface area (Å²) >= 11 is 0. The Balaban J connectivity index is 2.33. The van der Waals surface area contributed by atoms with Crippen molar-refractivity contribution in [2.45, 2.75) is 12.1 Å². The highest BCUT2D eigenvalue weighted by molar-refractivity contribution is 5.79. The lowest BCUT2D eigenvalue weighted by atomic mass is 9.97. The Morgan fingerprint density at radius 2 is 2.50 bits per heavy atom. The van der Waals surface area contributed by atoms with E-state index in [4.69, 9.17) is 5.73 Å². The number of carboxylic acid groups (broad SMARTS) is 1. The van der Waals surface area contributed by atoms with Crippen LogP contribution in [0.15, 0.2) is 30.7 Å². The maximum absolute atomic E-state index is 11.2. The molecule has 0 unspecified atom stereocenters. The lowest BCUT2D eigenvalue weighted by Crippen LogP contribution is -2.48. The van der Waals surface area contributed by atoms with Crippen LogP contribution in [0, 0.1) is 0 Å². The zero-order valence-corrected chi connectivity index (χ0v) is 8.37. The summed E-state index contributed by atoms with van der Waals surface area (Å²) in [5.74, 6) is -1.14. The zero-order chi connectivity index (χ0) is 11.6. The Morgan fingerprint density at radius 1 is 1.69 bits per heavy atom. The number of nitrogens with zero attached hydrogens (tertiary/aromatic N) is 3. The Hall–Kier alpha value is -2.15. The van der Waals surface area contributed by atoms with Crippen molar-refractivity contribution in [3.8, 4) is 0 Å². The summed E-state index contributed by atoms with van der Waals surface area (Å²) in [6.45, 7) is 0.0280. The predicted molar refractivity (Wildman–Crippen MR) is 54.3 cm³/mol. The molecule has 0 aliphatic heterocycles. The average Bonchev–Trinajstić information content (AvgIpc) is 2.88. The van der Waals surface area contributed by atoms with E-state index in [1.807, 2.05) is 0 Å². The molecular weight excluding hydrogens is 210 g/mol. The highest BCUT2D eigenvalue weighted by Gasteiger charge is 2.38. The maximum Gasteiger partial charge on any atom is 0.332 e. The standard InChI is InChI=1S/C9H11N5O2/c10-9(8(15)16,7-2-4-11-13-7)6-14-5-1-3-12-14/h1-5H,6,10H2,(H,11,13)(H,15,16)/t9-/m0/s1. The fourth-order valence-corrected chi connectivity index (χ4v) is 1.42. The Morgan fingerprint density at radius 3 is 3.00 bits per heavy atom. The number of aromatic amines is 1. The van der Waals surface area contributed by atoms with E-state index in [-0.39, 0.29) is 12.2 Å². The summed E-state index contributed by atoms with van der Waals surface area (Å²) in [4.78, 5) is 11.2. The summed E-state index contributed by atoms with van der Waals surface area (Å²) in [5, 5.41) is 19.5. The molecule has 0 saturated carbocycles. The molecule has 2 heterocycles. The van der Waals surface area contributed by atoms with Gasteiger partial charge in [-0.05, 0) is 12.1 Å². The van der Waals surface area contributed by atoms with Crippen molar-refractivity contribution in [2.24, 2.45) is 5.73 Å². The molecule has 84 valence electrons. The molecule has 2 aromatic heterocycles. The Labute approximate surface area is 90.9 Å². The molecule has 0 bridgehead atoms. The molecule has 1 atom stereocenters. The third-order valence-electron chi connectivity index (χ3n) is 2.31. The van der Waals surface area contributed by atoms with Gasteiger partial charge in [0.2, 0.25) is 0 Å². The molecule has 0 fully saturated rings. The van der Waals surface area contributed by atoms with E-state index in [1.54, 1.807) is 18.5 Å².